The van der Waals surface area contributed by atoms with Gasteiger partial charge >= 0.3 is 0 Å². The fourth-order valence-corrected chi connectivity index (χ4v) is 1.98. The zero-order valence-electron chi connectivity index (χ0n) is 8.17. The molecule has 0 unspecified atom stereocenters. The van der Waals surface area contributed by atoms with E-state index in [2.05, 4.69) is 20.9 Å². The van der Waals surface area contributed by atoms with Gasteiger partial charge in [0, 0.05) is 10.5 Å². The number of hydrogen-bond acceptors (Lipinski definition) is 3. The van der Waals surface area contributed by atoms with Crippen LogP contribution < -0.4 is 10.3 Å². The van der Waals surface area contributed by atoms with Crippen molar-refractivity contribution in [2.75, 3.05) is 7.11 Å². The van der Waals surface area contributed by atoms with Crippen LogP contribution in [0.4, 0.5) is 4.39 Å². The maximum absolute atomic E-state index is 13.8. The Balaban J connectivity index is 3.01. The highest BCUT2D eigenvalue weighted by atomic mass is 79.9. The summed E-state index contributed by atoms with van der Waals surface area (Å²) in [5, 5.41) is 9.46. The molecule has 1 aromatic carbocycles. The van der Waals surface area contributed by atoms with Gasteiger partial charge in [-0.1, -0.05) is 0 Å². The van der Waals surface area contributed by atoms with Crippen molar-refractivity contribution in [1.82, 2.24) is 4.98 Å². The van der Waals surface area contributed by atoms with Gasteiger partial charge in [-0.05, 0) is 22.0 Å². The number of methoxy groups -OCH3 is 1. The van der Waals surface area contributed by atoms with E-state index in [1.807, 2.05) is 0 Å². The molecular weight excluding hydrogens is 281 g/mol. The van der Waals surface area contributed by atoms with Crippen LogP contribution in [0.1, 0.15) is 0 Å². The molecule has 4 nitrogen and oxygen atoms in total. The molecule has 0 aliphatic carbocycles. The number of aromatic amines is 1. The Morgan fingerprint density at radius 2 is 2.19 bits per heavy atom. The van der Waals surface area contributed by atoms with Crippen molar-refractivity contribution in [1.29, 1.82) is 0 Å². The van der Waals surface area contributed by atoms with Crippen LogP contribution in [-0.2, 0) is 0 Å². The van der Waals surface area contributed by atoms with E-state index in [0.717, 1.165) is 6.07 Å². The van der Waals surface area contributed by atoms with Gasteiger partial charge in [0.15, 0.2) is 11.6 Å². The van der Waals surface area contributed by atoms with Crippen molar-refractivity contribution in [2.45, 2.75) is 0 Å². The predicted molar refractivity (Wildman–Crippen MR) is 60.4 cm³/mol. The van der Waals surface area contributed by atoms with Gasteiger partial charge in [0.25, 0.3) is 5.56 Å². The predicted octanol–water partition coefficient (Wildman–Crippen LogP) is 2.14. The minimum absolute atomic E-state index is 0.0123. The first-order valence-electron chi connectivity index (χ1n) is 4.32. The number of fused-ring (bicyclic) bond motifs is 1. The van der Waals surface area contributed by atoms with E-state index in [1.165, 1.54) is 13.2 Å². The first-order chi connectivity index (χ1) is 7.54. The van der Waals surface area contributed by atoms with Gasteiger partial charge in [-0.25, -0.2) is 4.39 Å². The molecule has 0 atom stereocenters. The van der Waals surface area contributed by atoms with Crippen molar-refractivity contribution in [2.24, 2.45) is 0 Å². The zero-order valence-corrected chi connectivity index (χ0v) is 9.76. The third kappa shape index (κ3) is 1.55. The second-order valence-electron chi connectivity index (χ2n) is 3.14. The first kappa shape index (κ1) is 10.9. The molecule has 16 heavy (non-hydrogen) atoms. The van der Waals surface area contributed by atoms with Crippen molar-refractivity contribution in [3.05, 3.63) is 32.8 Å². The number of halogens is 2. The van der Waals surface area contributed by atoms with Gasteiger partial charge in [-0.2, -0.15) is 0 Å². The van der Waals surface area contributed by atoms with Gasteiger partial charge in [0.2, 0.25) is 0 Å². The molecule has 1 aromatic heterocycles. The van der Waals surface area contributed by atoms with E-state index in [9.17, 15) is 14.3 Å². The molecule has 0 amide bonds. The number of rotatable bonds is 1. The summed E-state index contributed by atoms with van der Waals surface area (Å²) in [4.78, 5) is 13.6. The van der Waals surface area contributed by atoms with Crippen LogP contribution in [0.15, 0.2) is 21.4 Å². The largest absolute Gasteiger partial charge is 0.507 e. The SMILES string of the molecule is COc1cc(Br)c2[nH]c(=O)cc(O)c2c1F. The summed E-state index contributed by atoms with van der Waals surface area (Å²) < 4.78 is 19.1. The lowest BCUT2D eigenvalue weighted by atomic mass is 10.2. The highest BCUT2D eigenvalue weighted by Gasteiger charge is 2.15. The first-order valence-corrected chi connectivity index (χ1v) is 5.12. The van der Waals surface area contributed by atoms with E-state index >= 15 is 0 Å². The smallest absolute Gasteiger partial charge is 0.252 e. The molecule has 2 aromatic rings. The summed E-state index contributed by atoms with van der Waals surface area (Å²) in [6.45, 7) is 0. The molecule has 0 spiro atoms. The number of aromatic nitrogens is 1. The molecule has 0 saturated heterocycles. The number of nitrogens with one attached hydrogen (secondary N) is 1. The van der Waals surface area contributed by atoms with Crippen LogP contribution in [0.25, 0.3) is 10.9 Å². The molecule has 6 heteroatoms. The number of aromatic hydroxyl groups is 1. The summed E-state index contributed by atoms with van der Waals surface area (Å²) in [7, 11) is 1.32. The molecule has 2 N–H and O–H groups in total. The standard InChI is InChI=1S/C10H7BrFNO3/c1-16-6-2-4(11)10-8(9(6)12)5(14)3-7(15)13-10/h2-3H,1H3,(H2,13,14,15). The second kappa shape index (κ2) is 3.79. The normalized spacial score (nSPS) is 10.7. The highest BCUT2D eigenvalue weighted by molar-refractivity contribution is 9.10. The minimum Gasteiger partial charge on any atom is -0.507 e. The van der Waals surface area contributed by atoms with Crippen molar-refractivity contribution in [3.63, 3.8) is 0 Å². The second-order valence-corrected chi connectivity index (χ2v) is 4.00. The Hall–Kier alpha value is -1.56. The molecule has 0 bridgehead atoms. The minimum atomic E-state index is -0.713. The molecule has 0 aliphatic heterocycles. The number of hydrogen-bond donors (Lipinski definition) is 2. The summed E-state index contributed by atoms with van der Waals surface area (Å²) in [6, 6.07) is 2.30. The molecule has 2 rings (SSSR count). The Bertz CT molecular complexity index is 623. The molecule has 0 aliphatic rings. The van der Waals surface area contributed by atoms with Gasteiger partial charge < -0.3 is 14.8 Å². The van der Waals surface area contributed by atoms with Crippen LogP contribution >= 0.6 is 15.9 Å². The Morgan fingerprint density at radius 1 is 1.50 bits per heavy atom. The molecule has 84 valence electrons. The number of benzene rings is 1. The topological polar surface area (TPSA) is 62.3 Å². The zero-order chi connectivity index (χ0) is 11.9. The molecular formula is C10H7BrFNO3. The maximum Gasteiger partial charge on any atom is 0.252 e. The average molecular weight is 288 g/mol. The monoisotopic (exact) mass is 287 g/mol. The summed E-state index contributed by atoms with van der Waals surface area (Å²) in [5.74, 6) is -1.15. The molecule has 0 saturated carbocycles. The lowest BCUT2D eigenvalue weighted by molar-refractivity contribution is 0.387. The summed E-state index contributed by atoms with van der Waals surface area (Å²) >= 11 is 3.16. The van der Waals surface area contributed by atoms with E-state index < -0.39 is 17.1 Å². The van der Waals surface area contributed by atoms with Crippen LogP contribution in [0.2, 0.25) is 0 Å². The fraction of sp³-hybridized carbons (Fsp3) is 0.100. The van der Waals surface area contributed by atoms with Crippen molar-refractivity contribution < 1.29 is 14.2 Å². The van der Waals surface area contributed by atoms with E-state index in [-0.39, 0.29) is 16.7 Å². The number of H-pyrrole nitrogens is 1. The van der Waals surface area contributed by atoms with Crippen LogP contribution in [0.5, 0.6) is 11.5 Å². The average Bonchev–Trinajstić information content (AvgIpc) is 2.22. The third-order valence-electron chi connectivity index (χ3n) is 2.17. The van der Waals surface area contributed by atoms with E-state index in [1.54, 1.807) is 0 Å². The van der Waals surface area contributed by atoms with Gasteiger partial charge in [-0.3, -0.25) is 4.79 Å². The van der Waals surface area contributed by atoms with Gasteiger partial charge in [-0.15, -0.1) is 0 Å². The van der Waals surface area contributed by atoms with Crippen molar-refractivity contribution in [3.8, 4) is 11.5 Å². The maximum atomic E-state index is 13.8. The summed E-state index contributed by atoms with van der Waals surface area (Å²) in [6.07, 6.45) is 0. The van der Waals surface area contributed by atoms with Gasteiger partial charge in [0.05, 0.1) is 18.0 Å². The summed E-state index contributed by atoms with van der Waals surface area (Å²) in [5.41, 5.74) is -0.307. The quantitative estimate of drug-likeness (QED) is 0.845. The van der Waals surface area contributed by atoms with Gasteiger partial charge in [0.1, 0.15) is 5.75 Å². The number of pyridine rings is 1. The Morgan fingerprint density at radius 3 is 2.81 bits per heavy atom. The van der Waals surface area contributed by atoms with E-state index in [0.29, 0.717) is 4.47 Å². The number of ether oxygens (including phenoxy) is 1. The van der Waals surface area contributed by atoms with E-state index in [4.69, 9.17) is 4.74 Å². The highest BCUT2D eigenvalue weighted by Crippen LogP contribution is 2.35. The molecule has 1 heterocycles. The Kier molecular flexibility index (Phi) is 2.59. The van der Waals surface area contributed by atoms with Crippen LogP contribution in [0.3, 0.4) is 0 Å². The lowest BCUT2D eigenvalue weighted by Crippen LogP contribution is -2.05. The molecule has 0 fully saturated rings. The Labute approximate surface area is 97.8 Å². The third-order valence-corrected chi connectivity index (χ3v) is 2.80. The van der Waals surface area contributed by atoms with Crippen molar-refractivity contribution >= 4 is 26.8 Å². The fourth-order valence-electron chi connectivity index (χ4n) is 1.47. The van der Waals surface area contributed by atoms with Crippen LogP contribution in [0, 0.1) is 5.82 Å². The lowest BCUT2D eigenvalue weighted by Gasteiger charge is -2.08. The van der Waals surface area contributed by atoms with Crippen LogP contribution in [-0.4, -0.2) is 17.2 Å². The molecule has 0 radical (unpaired) electrons.